The minimum atomic E-state index is 0.856. The van der Waals surface area contributed by atoms with Gasteiger partial charge in [-0.05, 0) is 91.3 Å². The van der Waals surface area contributed by atoms with Crippen LogP contribution in [-0.4, -0.2) is 14.6 Å². The summed E-state index contributed by atoms with van der Waals surface area (Å²) in [5.74, 6) is 0.856. The Morgan fingerprint density at radius 3 is 1.82 bits per heavy atom. The van der Waals surface area contributed by atoms with E-state index in [-0.39, 0.29) is 0 Å². The normalized spacial score (nSPS) is 11.6. The summed E-state index contributed by atoms with van der Waals surface area (Å²) in [5, 5.41) is 15.3. The second kappa shape index (κ2) is 9.28. The Kier molecular flexibility index (Phi) is 5.42. The molecule has 4 heteroatoms. The van der Waals surface area contributed by atoms with Gasteiger partial charge >= 0.3 is 0 Å². The molecular formula is C36H22IN3. The molecule has 40 heavy (non-hydrogen) atoms. The summed E-state index contributed by atoms with van der Waals surface area (Å²) in [6.45, 7) is 0. The summed E-state index contributed by atoms with van der Waals surface area (Å²) in [6, 6.07) is 47.7. The number of nitrogens with zero attached hydrogens (tertiary/aromatic N) is 3. The van der Waals surface area contributed by atoms with Crippen LogP contribution in [0.1, 0.15) is 0 Å². The van der Waals surface area contributed by atoms with Gasteiger partial charge in [0.25, 0.3) is 0 Å². The Hall–Kier alpha value is -4.55. The van der Waals surface area contributed by atoms with Crippen molar-refractivity contribution in [1.82, 2.24) is 14.6 Å². The number of rotatable bonds is 3. The van der Waals surface area contributed by atoms with Gasteiger partial charge in [-0.25, -0.2) is 0 Å². The number of aromatic nitrogens is 3. The monoisotopic (exact) mass is 623 g/mol. The lowest BCUT2D eigenvalue weighted by molar-refractivity contribution is 1.12. The second-order valence-corrected chi connectivity index (χ2v) is 11.4. The van der Waals surface area contributed by atoms with Gasteiger partial charge in [0.2, 0.25) is 0 Å². The molecule has 6 aromatic carbocycles. The van der Waals surface area contributed by atoms with Crippen molar-refractivity contribution in [3.63, 3.8) is 0 Å². The SMILES string of the molecule is Ic1ccc(-c2nnc3c4ccccc4c4cc(-c5ccc(-c6ccc7ccccc7c6)cc5)ccc4n23)cc1. The van der Waals surface area contributed by atoms with Gasteiger partial charge in [0, 0.05) is 19.9 Å². The molecule has 0 spiro atoms. The Morgan fingerprint density at radius 2 is 1.05 bits per heavy atom. The van der Waals surface area contributed by atoms with Crippen LogP contribution < -0.4 is 0 Å². The van der Waals surface area contributed by atoms with E-state index in [4.69, 9.17) is 0 Å². The molecule has 0 N–H and O–H groups in total. The van der Waals surface area contributed by atoms with E-state index in [2.05, 4.69) is 171 Å². The Labute approximate surface area is 244 Å². The molecule has 0 atom stereocenters. The Balaban J connectivity index is 1.28. The van der Waals surface area contributed by atoms with Crippen molar-refractivity contribution in [3.8, 4) is 33.6 Å². The molecule has 0 aliphatic rings. The minimum absolute atomic E-state index is 0.856. The number of fused-ring (bicyclic) bond motifs is 7. The van der Waals surface area contributed by atoms with Crippen molar-refractivity contribution < 1.29 is 0 Å². The highest BCUT2D eigenvalue weighted by Crippen LogP contribution is 2.35. The van der Waals surface area contributed by atoms with Crippen LogP contribution in [0, 0.1) is 3.57 Å². The topological polar surface area (TPSA) is 30.2 Å². The zero-order valence-corrected chi connectivity index (χ0v) is 23.6. The molecule has 0 bridgehead atoms. The molecule has 2 aromatic heterocycles. The van der Waals surface area contributed by atoms with Gasteiger partial charge in [-0.15, -0.1) is 10.2 Å². The molecule has 0 amide bonds. The van der Waals surface area contributed by atoms with Crippen molar-refractivity contribution in [1.29, 1.82) is 0 Å². The summed E-state index contributed by atoms with van der Waals surface area (Å²) >= 11 is 2.33. The number of benzene rings is 6. The fraction of sp³-hybridized carbons (Fsp3) is 0. The molecule has 188 valence electrons. The minimum Gasteiger partial charge on any atom is -0.274 e. The lowest BCUT2D eigenvalue weighted by atomic mass is 9.96. The van der Waals surface area contributed by atoms with Gasteiger partial charge in [0.1, 0.15) is 0 Å². The summed E-state index contributed by atoms with van der Waals surface area (Å²) in [4.78, 5) is 0. The fourth-order valence-corrected chi connectivity index (χ4v) is 6.10. The maximum absolute atomic E-state index is 4.64. The quantitative estimate of drug-likeness (QED) is 0.145. The standard InChI is InChI=1S/C36H22IN3/c37-30-18-15-26(16-19-30)35-38-39-36-32-8-4-3-7-31(32)33-22-29(17-20-34(33)40(35)36)25-11-9-24(10-12-25)28-14-13-23-5-1-2-6-27(23)21-28/h1-22H. The predicted molar refractivity (Wildman–Crippen MR) is 175 cm³/mol. The molecule has 2 heterocycles. The van der Waals surface area contributed by atoms with Crippen LogP contribution in [0.15, 0.2) is 133 Å². The van der Waals surface area contributed by atoms with Crippen LogP contribution in [0.3, 0.4) is 0 Å². The van der Waals surface area contributed by atoms with Gasteiger partial charge in [-0.2, -0.15) is 0 Å². The van der Waals surface area contributed by atoms with Gasteiger partial charge in [0.05, 0.1) is 5.52 Å². The first kappa shape index (κ1) is 23.3. The van der Waals surface area contributed by atoms with Gasteiger partial charge < -0.3 is 0 Å². The van der Waals surface area contributed by atoms with Crippen LogP contribution in [-0.2, 0) is 0 Å². The summed E-state index contributed by atoms with van der Waals surface area (Å²) in [6.07, 6.45) is 0. The highest BCUT2D eigenvalue weighted by Gasteiger charge is 2.16. The number of hydrogen-bond acceptors (Lipinski definition) is 2. The van der Waals surface area contributed by atoms with Gasteiger partial charge in [-0.1, -0.05) is 103 Å². The van der Waals surface area contributed by atoms with E-state index in [1.165, 1.54) is 47.4 Å². The Morgan fingerprint density at radius 1 is 0.450 bits per heavy atom. The van der Waals surface area contributed by atoms with E-state index in [9.17, 15) is 0 Å². The highest BCUT2D eigenvalue weighted by molar-refractivity contribution is 14.1. The third-order valence-corrected chi connectivity index (χ3v) is 8.48. The second-order valence-electron chi connectivity index (χ2n) is 10.1. The molecule has 3 nitrogen and oxygen atoms in total. The van der Waals surface area contributed by atoms with Crippen molar-refractivity contribution in [3.05, 3.63) is 137 Å². The predicted octanol–water partition coefficient (Wildman–Crippen LogP) is 9.79. The third kappa shape index (κ3) is 3.79. The van der Waals surface area contributed by atoms with Gasteiger partial charge in [0.15, 0.2) is 11.5 Å². The van der Waals surface area contributed by atoms with Gasteiger partial charge in [-0.3, -0.25) is 4.40 Å². The highest BCUT2D eigenvalue weighted by atomic mass is 127. The van der Waals surface area contributed by atoms with Crippen LogP contribution in [0.2, 0.25) is 0 Å². The average molecular weight is 623 g/mol. The third-order valence-electron chi connectivity index (χ3n) is 7.76. The van der Waals surface area contributed by atoms with E-state index in [0.29, 0.717) is 0 Å². The molecule has 0 saturated carbocycles. The summed E-state index contributed by atoms with van der Waals surface area (Å²) in [7, 11) is 0. The Bertz CT molecular complexity index is 2210. The zero-order valence-electron chi connectivity index (χ0n) is 21.4. The van der Waals surface area contributed by atoms with E-state index >= 15 is 0 Å². The lowest BCUT2D eigenvalue weighted by Crippen LogP contribution is -1.95. The van der Waals surface area contributed by atoms with Crippen molar-refractivity contribution in [2.45, 2.75) is 0 Å². The molecule has 0 aliphatic heterocycles. The number of halogens is 1. The van der Waals surface area contributed by atoms with Crippen molar-refractivity contribution in [2.24, 2.45) is 0 Å². The first-order chi connectivity index (χ1) is 19.7. The van der Waals surface area contributed by atoms with Crippen LogP contribution in [0.25, 0.3) is 71.7 Å². The smallest absolute Gasteiger partial charge is 0.169 e. The van der Waals surface area contributed by atoms with E-state index < -0.39 is 0 Å². The first-order valence-corrected chi connectivity index (χ1v) is 14.4. The largest absolute Gasteiger partial charge is 0.274 e. The maximum atomic E-state index is 4.64. The van der Waals surface area contributed by atoms with Crippen LogP contribution in [0.5, 0.6) is 0 Å². The number of pyridine rings is 1. The molecule has 0 fully saturated rings. The fourth-order valence-electron chi connectivity index (χ4n) is 5.74. The van der Waals surface area contributed by atoms with Crippen molar-refractivity contribution in [2.75, 3.05) is 0 Å². The summed E-state index contributed by atoms with van der Waals surface area (Å²) < 4.78 is 3.40. The average Bonchev–Trinajstić information content (AvgIpc) is 3.47. The summed E-state index contributed by atoms with van der Waals surface area (Å²) in [5.41, 5.74) is 7.86. The molecule has 8 aromatic rings. The van der Waals surface area contributed by atoms with Crippen LogP contribution in [0.4, 0.5) is 0 Å². The first-order valence-electron chi connectivity index (χ1n) is 13.3. The molecule has 0 saturated heterocycles. The molecule has 0 unspecified atom stereocenters. The lowest BCUT2D eigenvalue weighted by Gasteiger charge is -2.12. The maximum Gasteiger partial charge on any atom is 0.169 e. The molecule has 8 rings (SSSR count). The molecular weight excluding hydrogens is 601 g/mol. The van der Waals surface area contributed by atoms with E-state index in [1.807, 2.05) is 0 Å². The zero-order chi connectivity index (χ0) is 26.6. The molecule has 0 radical (unpaired) electrons. The van der Waals surface area contributed by atoms with Crippen molar-refractivity contribution >= 4 is 60.7 Å². The van der Waals surface area contributed by atoms with E-state index in [1.54, 1.807) is 0 Å². The van der Waals surface area contributed by atoms with E-state index in [0.717, 1.165) is 27.9 Å². The van der Waals surface area contributed by atoms with Crippen LogP contribution >= 0.6 is 22.6 Å². The molecule has 0 aliphatic carbocycles. The number of hydrogen-bond donors (Lipinski definition) is 0.